The van der Waals surface area contributed by atoms with Gasteiger partial charge in [-0.3, -0.25) is 4.79 Å². The Bertz CT molecular complexity index is 933. The summed E-state index contributed by atoms with van der Waals surface area (Å²) in [7, 11) is 1.66. The van der Waals surface area contributed by atoms with E-state index in [0.717, 1.165) is 23.3 Å². The molecular formula is C26H36N4O2S. The van der Waals surface area contributed by atoms with Crippen LogP contribution >= 0.6 is 11.3 Å². The van der Waals surface area contributed by atoms with Gasteiger partial charge in [-0.1, -0.05) is 72.9 Å². The second kappa shape index (κ2) is 16.6. The van der Waals surface area contributed by atoms with Crippen LogP contribution in [0.2, 0.25) is 0 Å². The smallest absolute Gasteiger partial charge is 0.212 e. The second-order valence-corrected chi connectivity index (χ2v) is 8.07. The molecule has 1 aromatic heterocycles. The average Bonchev–Trinajstić information content (AvgIpc) is 3.30. The highest BCUT2D eigenvalue weighted by Gasteiger charge is 2.13. The molecule has 1 atom stereocenters. The summed E-state index contributed by atoms with van der Waals surface area (Å²) in [5, 5.41) is 0.627. The van der Waals surface area contributed by atoms with Crippen molar-refractivity contribution in [2.45, 2.75) is 33.6 Å². The molecule has 0 radical (unpaired) electrons. The predicted octanol–water partition coefficient (Wildman–Crippen LogP) is 5.72. The lowest BCUT2D eigenvalue weighted by Crippen LogP contribution is -2.39. The molecule has 2 aromatic rings. The molecule has 178 valence electrons. The van der Waals surface area contributed by atoms with Crippen molar-refractivity contribution in [1.29, 1.82) is 0 Å². The van der Waals surface area contributed by atoms with Gasteiger partial charge in [0.2, 0.25) is 5.13 Å². The molecule has 0 saturated carbocycles. The standard InChI is InChI=1S/C18H24N4O2S.C8H12/c1-4-22(8-9-24-3)17(19)21-18-20-11-16(25-18)13(2)15-7-5-6-14(10-15)12-23;1-3-5-7-8-6-4-2/h5-7,10-13H,4,8-9H2,1-3H3,(H2,19,20,21);3-8H,1-2H3/b;5-3-,6-4+,8-7-. The lowest BCUT2D eigenvalue weighted by Gasteiger charge is -2.20. The van der Waals surface area contributed by atoms with E-state index in [1.807, 2.05) is 86.5 Å². The molecule has 0 spiro atoms. The number of benzene rings is 1. The number of nitrogens with two attached hydrogens (primary N) is 1. The molecule has 0 saturated heterocycles. The topological polar surface area (TPSA) is 80.8 Å². The van der Waals surface area contributed by atoms with Gasteiger partial charge in [0, 0.05) is 42.8 Å². The van der Waals surface area contributed by atoms with Crippen molar-refractivity contribution in [3.8, 4) is 0 Å². The summed E-state index contributed by atoms with van der Waals surface area (Å²) in [6.45, 7) is 10.1. The van der Waals surface area contributed by atoms with Crippen molar-refractivity contribution in [2.75, 3.05) is 26.8 Å². The molecule has 0 amide bonds. The van der Waals surface area contributed by atoms with Crippen LogP contribution in [0.1, 0.15) is 54.4 Å². The SMILES string of the molecule is CCN(CCOC)C(N)=Nc1ncc(C(C)c2cccc(C=O)c2)s1.C\C=C/C=C\C=C\C. The Morgan fingerprint density at radius 2 is 1.94 bits per heavy atom. The van der Waals surface area contributed by atoms with Crippen LogP contribution in [-0.2, 0) is 4.74 Å². The van der Waals surface area contributed by atoms with Crippen LogP contribution in [0.5, 0.6) is 0 Å². The zero-order valence-corrected chi connectivity index (χ0v) is 21.1. The molecule has 6 nitrogen and oxygen atoms in total. The molecular weight excluding hydrogens is 432 g/mol. The van der Waals surface area contributed by atoms with Gasteiger partial charge in [0.1, 0.15) is 6.29 Å². The number of ether oxygens (including phenoxy) is 1. The number of aromatic nitrogens is 1. The van der Waals surface area contributed by atoms with E-state index in [9.17, 15) is 4.79 Å². The van der Waals surface area contributed by atoms with E-state index in [2.05, 4.69) is 16.9 Å². The van der Waals surface area contributed by atoms with Crippen molar-refractivity contribution in [2.24, 2.45) is 10.7 Å². The summed E-state index contributed by atoms with van der Waals surface area (Å²) in [5.41, 5.74) is 7.83. The van der Waals surface area contributed by atoms with E-state index in [4.69, 9.17) is 10.5 Å². The lowest BCUT2D eigenvalue weighted by molar-refractivity contribution is 0.112. The van der Waals surface area contributed by atoms with Gasteiger partial charge >= 0.3 is 0 Å². The predicted molar refractivity (Wildman–Crippen MR) is 141 cm³/mol. The van der Waals surface area contributed by atoms with Gasteiger partial charge in [-0.15, -0.1) is 0 Å². The number of allylic oxidation sites excluding steroid dienone is 6. The molecule has 0 aliphatic carbocycles. The Labute approximate surface area is 202 Å². The molecule has 1 aromatic carbocycles. The minimum atomic E-state index is 0.137. The number of methoxy groups -OCH3 is 1. The summed E-state index contributed by atoms with van der Waals surface area (Å²) < 4.78 is 5.09. The van der Waals surface area contributed by atoms with Crippen molar-refractivity contribution in [1.82, 2.24) is 9.88 Å². The summed E-state index contributed by atoms with van der Waals surface area (Å²) in [6, 6.07) is 7.60. The number of carbonyl (C=O) groups excluding carboxylic acids is 1. The van der Waals surface area contributed by atoms with Crippen LogP contribution in [0.25, 0.3) is 0 Å². The van der Waals surface area contributed by atoms with Crippen molar-refractivity contribution in [3.05, 3.63) is 82.9 Å². The summed E-state index contributed by atoms with van der Waals surface area (Å²) in [6.07, 6.45) is 14.7. The number of nitrogens with zero attached hydrogens (tertiary/aromatic N) is 3. The Morgan fingerprint density at radius 1 is 1.24 bits per heavy atom. The van der Waals surface area contributed by atoms with Gasteiger partial charge in [0.15, 0.2) is 5.96 Å². The monoisotopic (exact) mass is 468 g/mol. The number of hydrogen-bond donors (Lipinski definition) is 1. The largest absolute Gasteiger partial charge is 0.383 e. The van der Waals surface area contributed by atoms with Crippen LogP contribution in [0.15, 0.2) is 71.9 Å². The molecule has 0 bridgehead atoms. The first kappa shape index (κ1) is 28.0. The second-order valence-electron chi connectivity index (χ2n) is 7.03. The van der Waals surface area contributed by atoms with E-state index in [1.54, 1.807) is 13.2 Å². The third-order valence-electron chi connectivity index (χ3n) is 4.68. The number of likely N-dealkylation sites (N-methyl/N-ethyl adjacent to an activating group) is 1. The van der Waals surface area contributed by atoms with E-state index in [0.29, 0.717) is 29.8 Å². The maximum absolute atomic E-state index is 11.0. The van der Waals surface area contributed by atoms with Crippen LogP contribution < -0.4 is 5.73 Å². The summed E-state index contributed by atoms with van der Waals surface area (Å²) in [4.78, 5) is 22.8. The number of carbonyl (C=O) groups is 1. The number of aldehydes is 1. The van der Waals surface area contributed by atoms with Crippen LogP contribution in [0, 0.1) is 0 Å². The third-order valence-corrected chi connectivity index (χ3v) is 5.76. The first-order valence-electron chi connectivity index (χ1n) is 11.0. The number of guanidine groups is 1. The zero-order chi connectivity index (χ0) is 24.5. The summed E-state index contributed by atoms with van der Waals surface area (Å²) in [5.74, 6) is 0.578. The summed E-state index contributed by atoms with van der Waals surface area (Å²) >= 11 is 1.50. The Morgan fingerprint density at radius 3 is 2.52 bits per heavy atom. The molecule has 33 heavy (non-hydrogen) atoms. The van der Waals surface area contributed by atoms with Crippen molar-refractivity contribution in [3.63, 3.8) is 0 Å². The van der Waals surface area contributed by atoms with Crippen molar-refractivity contribution < 1.29 is 9.53 Å². The zero-order valence-electron chi connectivity index (χ0n) is 20.3. The molecule has 0 fully saturated rings. The van der Waals surface area contributed by atoms with E-state index in [-0.39, 0.29) is 5.92 Å². The van der Waals surface area contributed by atoms with Crippen LogP contribution in [0.3, 0.4) is 0 Å². The van der Waals surface area contributed by atoms with Crippen LogP contribution in [-0.4, -0.2) is 48.9 Å². The maximum Gasteiger partial charge on any atom is 0.212 e. The molecule has 0 aliphatic rings. The Kier molecular flexibility index (Phi) is 14.1. The van der Waals surface area contributed by atoms with E-state index >= 15 is 0 Å². The third kappa shape index (κ3) is 10.4. The van der Waals surface area contributed by atoms with E-state index < -0.39 is 0 Å². The highest BCUT2D eigenvalue weighted by molar-refractivity contribution is 7.15. The van der Waals surface area contributed by atoms with Gasteiger partial charge in [0.05, 0.1) is 6.61 Å². The van der Waals surface area contributed by atoms with Gasteiger partial charge in [-0.2, -0.15) is 4.99 Å². The van der Waals surface area contributed by atoms with Gasteiger partial charge in [-0.05, 0) is 32.4 Å². The first-order valence-corrected chi connectivity index (χ1v) is 11.8. The first-order chi connectivity index (χ1) is 16.0. The molecule has 0 aliphatic heterocycles. The quantitative estimate of drug-likeness (QED) is 0.209. The fourth-order valence-corrected chi connectivity index (χ4v) is 3.62. The maximum atomic E-state index is 11.0. The molecule has 1 unspecified atom stereocenters. The highest BCUT2D eigenvalue weighted by atomic mass is 32.1. The number of hydrogen-bond acceptors (Lipinski definition) is 5. The fraction of sp³-hybridized carbons (Fsp3) is 0.346. The molecule has 1 heterocycles. The number of aliphatic imine (C=N–C) groups is 1. The normalized spacial score (nSPS) is 12.8. The minimum Gasteiger partial charge on any atom is -0.383 e. The van der Waals surface area contributed by atoms with E-state index in [1.165, 1.54) is 11.3 Å². The van der Waals surface area contributed by atoms with Crippen molar-refractivity contribution >= 4 is 28.7 Å². The molecule has 2 rings (SSSR count). The van der Waals surface area contributed by atoms with Gasteiger partial charge in [-0.25, -0.2) is 4.98 Å². The van der Waals surface area contributed by atoms with Gasteiger partial charge in [0.25, 0.3) is 0 Å². The van der Waals surface area contributed by atoms with Gasteiger partial charge < -0.3 is 15.4 Å². The Balaban J connectivity index is 0.000000582. The minimum absolute atomic E-state index is 0.137. The number of thiazole rings is 1. The number of rotatable bonds is 10. The lowest BCUT2D eigenvalue weighted by atomic mass is 9.98. The average molecular weight is 469 g/mol. The fourth-order valence-electron chi connectivity index (χ4n) is 2.75. The molecule has 2 N–H and O–H groups in total. The Hall–Kier alpha value is -3.03. The molecule has 7 heteroatoms. The highest BCUT2D eigenvalue weighted by Crippen LogP contribution is 2.32. The van der Waals surface area contributed by atoms with Crippen LogP contribution in [0.4, 0.5) is 5.13 Å².